The van der Waals surface area contributed by atoms with E-state index in [-0.39, 0.29) is 5.41 Å². The molecule has 8 rings (SSSR count). The van der Waals surface area contributed by atoms with Crippen molar-refractivity contribution < 1.29 is 4.42 Å². The van der Waals surface area contributed by atoms with E-state index in [4.69, 9.17) is 4.42 Å². The number of benzene rings is 5. The van der Waals surface area contributed by atoms with Crippen LogP contribution >= 0.6 is 0 Å². The molecule has 188 valence electrons. The number of nitrogens with zero attached hydrogens (tertiary/aromatic N) is 2. The third-order valence-electron chi connectivity index (χ3n) is 8.84. The highest BCUT2D eigenvalue weighted by Crippen LogP contribution is 2.51. The first-order chi connectivity index (χ1) is 19.0. The number of aromatic nitrogens is 1. The molecule has 0 aliphatic heterocycles. The van der Waals surface area contributed by atoms with Crippen molar-refractivity contribution in [1.29, 1.82) is 0 Å². The highest BCUT2D eigenvalue weighted by atomic mass is 16.3. The van der Waals surface area contributed by atoms with Gasteiger partial charge in [0.2, 0.25) is 0 Å². The molecule has 7 aromatic rings. The van der Waals surface area contributed by atoms with E-state index in [1.165, 1.54) is 44.1 Å². The molecule has 0 saturated carbocycles. The van der Waals surface area contributed by atoms with Crippen molar-refractivity contribution in [2.24, 2.45) is 4.99 Å². The highest BCUT2D eigenvalue weighted by Gasteiger charge is 2.36. The highest BCUT2D eigenvalue weighted by molar-refractivity contribution is 6.18. The Morgan fingerprint density at radius 2 is 1.51 bits per heavy atom. The zero-order chi connectivity index (χ0) is 26.5. The first-order valence-corrected chi connectivity index (χ1v) is 13.5. The second-order valence-corrected chi connectivity index (χ2v) is 11.2. The Labute approximate surface area is 227 Å². The number of aliphatic imine (C=N–C) groups is 1. The summed E-state index contributed by atoms with van der Waals surface area (Å²) in [5.74, 6) is 0. The number of para-hydroxylation sites is 1. The van der Waals surface area contributed by atoms with Gasteiger partial charge in [0.15, 0.2) is 0 Å². The summed E-state index contributed by atoms with van der Waals surface area (Å²) in [7, 11) is 1.85. The fraction of sp³-hybridized carbons (Fsp3) is 0.139. The summed E-state index contributed by atoms with van der Waals surface area (Å²) < 4.78 is 8.71. The molecule has 2 aromatic heterocycles. The number of fused-ring (bicyclic) bond motifs is 9. The van der Waals surface area contributed by atoms with E-state index in [2.05, 4.69) is 115 Å². The molecule has 0 radical (unpaired) electrons. The Morgan fingerprint density at radius 1 is 0.692 bits per heavy atom. The summed E-state index contributed by atoms with van der Waals surface area (Å²) in [4.78, 5) is 4.48. The molecule has 0 unspecified atom stereocenters. The first-order valence-electron chi connectivity index (χ1n) is 13.5. The van der Waals surface area contributed by atoms with E-state index in [0.29, 0.717) is 0 Å². The maximum Gasteiger partial charge on any atom is 0.136 e. The van der Waals surface area contributed by atoms with Gasteiger partial charge in [-0.3, -0.25) is 4.99 Å². The predicted molar refractivity (Wildman–Crippen MR) is 164 cm³/mol. The molecule has 0 atom stereocenters. The van der Waals surface area contributed by atoms with Crippen molar-refractivity contribution in [3.8, 4) is 16.8 Å². The molecule has 1 aliphatic carbocycles. The average molecular weight is 505 g/mol. The van der Waals surface area contributed by atoms with Gasteiger partial charge in [-0.15, -0.1) is 0 Å². The standard InChI is InChI=1S/C36H28N2O/c1-21(37-4)23-12-9-15-34-35(23)28-18-22(16-17-33(28)39-34)38-31-14-8-6-11-25(31)27-19-30-26(20-32(27)38)24-10-5-7-13-29(24)36(30,2)3/h5-20H,1-4H3. The molecule has 0 fully saturated rings. The summed E-state index contributed by atoms with van der Waals surface area (Å²) in [6, 6.07) is 35.3. The van der Waals surface area contributed by atoms with E-state index in [9.17, 15) is 0 Å². The minimum atomic E-state index is -0.0347. The van der Waals surface area contributed by atoms with Crippen molar-refractivity contribution in [2.75, 3.05) is 7.05 Å². The molecular formula is C36H28N2O. The number of hydrogen-bond donors (Lipinski definition) is 0. The van der Waals surface area contributed by atoms with Gasteiger partial charge >= 0.3 is 0 Å². The maximum absolute atomic E-state index is 6.29. The van der Waals surface area contributed by atoms with Gasteiger partial charge < -0.3 is 8.98 Å². The van der Waals surface area contributed by atoms with Crippen LogP contribution in [0.4, 0.5) is 0 Å². The van der Waals surface area contributed by atoms with Crippen LogP contribution in [0.1, 0.15) is 37.5 Å². The summed E-state index contributed by atoms with van der Waals surface area (Å²) >= 11 is 0. The van der Waals surface area contributed by atoms with Crippen LogP contribution in [0.15, 0.2) is 106 Å². The van der Waals surface area contributed by atoms with Gasteiger partial charge in [-0.25, -0.2) is 0 Å². The van der Waals surface area contributed by atoms with Crippen LogP contribution in [-0.4, -0.2) is 17.3 Å². The van der Waals surface area contributed by atoms with Gasteiger partial charge in [0.25, 0.3) is 0 Å². The molecule has 0 saturated heterocycles. The van der Waals surface area contributed by atoms with Gasteiger partial charge in [0.1, 0.15) is 11.2 Å². The van der Waals surface area contributed by atoms with Crippen molar-refractivity contribution in [3.05, 3.63) is 114 Å². The molecule has 5 aromatic carbocycles. The summed E-state index contributed by atoms with van der Waals surface area (Å²) in [6.45, 7) is 6.75. The topological polar surface area (TPSA) is 30.4 Å². The lowest BCUT2D eigenvalue weighted by molar-refractivity contribution is 0.661. The summed E-state index contributed by atoms with van der Waals surface area (Å²) in [5, 5.41) is 4.79. The molecule has 3 heteroatoms. The second-order valence-electron chi connectivity index (χ2n) is 11.2. The Morgan fingerprint density at radius 3 is 2.38 bits per heavy atom. The van der Waals surface area contributed by atoms with Crippen LogP contribution in [0, 0.1) is 0 Å². The van der Waals surface area contributed by atoms with Crippen molar-refractivity contribution in [2.45, 2.75) is 26.2 Å². The van der Waals surface area contributed by atoms with Gasteiger partial charge in [-0.05, 0) is 71.6 Å². The lowest BCUT2D eigenvalue weighted by atomic mass is 9.82. The van der Waals surface area contributed by atoms with Gasteiger partial charge in [-0.2, -0.15) is 0 Å². The largest absolute Gasteiger partial charge is 0.456 e. The fourth-order valence-electron chi connectivity index (χ4n) is 6.82. The SMILES string of the molecule is CN=C(C)c1cccc2oc3ccc(-n4c5ccccc5c5cc6c(cc54)-c4ccccc4C6(C)C)cc3c12. The quantitative estimate of drug-likeness (QED) is 0.216. The molecular weight excluding hydrogens is 476 g/mol. The van der Waals surface area contributed by atoms with Gasteiger partial charge in [0, 0.05) is 51.0 Å². The Kier molecular flexibility index (Phi) is 4.42. The minimum Gasteiger partial charge on any atom is -0.456 e. The van der Waals surface area contributed by atoms with Crippen LogP contribution in [0.2, 0.25) is 0 Å². The molecule has 0 N–H and O–H groups in total. The molecule has 1 aliphatic rings. The van der Waals surface area contributed by atoms with E-state index in [0.717, 1.165) is 38.9 Å². The number of furan rings is 1. The molecule has 2 heterocycles. The molecule has 0 spiro atoms. The Bertz CT molecular complexity index is 2170. The van der Waals surface area contributed by atoms with Crippen LogP contribution < -0.4 is 0 Å². The lowest BCUT2D eigenvalue weighted by Crippen LogP contribution is -2.14. The molecule has 0 bridgehead atoms. The monoisotopic (exact) mass is 504 g/mol. The second kappa shape index (κ2) is 7.70. The van der Waals surface area contributed by atoms with Crippen molar-refractivity contribution in [1.82, 2.24) is 4.57 Å². The van der Waals surface area contributed by atoms with Crippen LogP contribution in [-0.2, 0) is 5.41 Å². The van der Waals surface area contributed by atoms with Crippen LogP contribution in [0.25, 0.3) is 60.6 Å². The number of rotatable bonds is 2. The maximum atomic E-state index is 6.29. The third-order valence-corrected chi connectivity index (χ3v) is 8.84. The predicted octanol–water partition coefficient (Wildman–Crippen LogP) is 9.43. The van der Waals surface area contributed by atoms with E-state index in [1.54, 1.807) is 0 Å². The molecule has 0 amide bonds. The van der Waals surface area contributed by atoms with Crippen molar-refractivity contribution >= 4 is 49.5 Å². The van der Waals surface area contributed by atoms with E-state index < -0.39 is 0 Å². The van der Waals surface area contributed by atoms with E-state index >= 15 is 0 Å². The summed E-state index contributed by atoms with van der Waals surface area (Å²) in [6.07, 6.45) is 0. The molecule has 3 nitrogen and oxygen atoms in total. The normalized spacial score (nSPS) is 14.5. The van der Waals surface area contributed by atoms with E-state index in [1.807, 2.05) is 19.2 Å². The first kappa shape index (κ1) is 22.4. The average Bonchev–Trinajstić information content (AvgIpc) is 3.57. The van der Waals surface area contributed by atoms with Crippen LogP contribution in [0.5, 0.6) is 0 Å². The third kappa shape index (κ3) is 2.90. The van der Waals surface area contributed by atoms with Crippen LogP contribution in [0.3, 0.4) is 0 Å². The zero-order valence-electron chi connectivity index (χ0n) is 22.5. The van der Waals surface area contributed by atoms with Gasteiger partial charge in [-0.1, -0.05) is 68.4 Å². The zero-order valence-corrected chi connectivity index (χ0v) is 22.5. The lowest BCUT2D eigenvalue weighted by Gasteiger charge is -2.21. The smallest absolute Gasteiger partial charge is 0.136 e. The van der Waals surface area contributed by atoms with Gasteiger partial charge in [0.05, 0.1) is 11.0 Å². The Hall–Kier alpha value is -4.63. The van der Waals surface area contributed by atoms with Crippen molar-refractivity contribution in [3.63, 3.8) is 0 Å². The Balaban J connectivity index is 1.47. The number of hydrogen-bond acceptors (Lipinski definition) is 2. The fourth-order valence-corrected chi connectivity index (χ4v) is 6.82. The molecule has 39 heavy (non-hydrogen) atoms. The minimum absolute atomic E-state index is 0.0347. The summed E-state index contributed by atoms with van der Waals surface area (Å²) in [5.41, 5.74) is 12.9.